The maximum atomic E-state index is 12.2. The van der Waals surface area contributed by atoms with E-state index in [4.69, 9.17) is 0 Å². The van der Waals surface area contributed by atoms with Crippen molar-refractivity contribution in [2.45, 2.75) is 19.9 Å². The van der Waals surface area contributed by atoms with Crippen LogP contribution in [0.4, 0.5) is 0 Å². The van der Waals surface area contributed by atoms with Crippen LogP contribution in [0.2, 0.25) is 0 Å². The fourth-order valence-electron chi connectivity index (χ4n) is 2.04. The molecule has 0 spiro atoms. The molecule has 1 aromatic heterocycles. The van der Waals surface area contributed by atoms with Gasteiger partial charge in [0, 0.05) is 22.4 Å². The quantitative estimate of drug-likeness (QED) is 0.846. The molecular formula is C14H16IN3O. The van der Waals surface area contributed by atoms with Crippen LogP contribution in [-0.4, -0.2) is 15.7 Å². The molecule has 0 aliphatic heterocycles. The van der Waals surface area contributed by atoms with Crippen LogP contribution in [-0.2, 0) is 7.05 Å². The first-order valence-electron chi connectivity index (χ1n) is 6.04. The van der Waals surface area contributed by atoms with Crippen molar-refractivity contribution in [3.8, 4) is 0 Å². The van der Waals surface area contributed by atoms with Gasteiger partial charge in [0.2, 0.25) is 0 Å². The number of amides is 1. The molecule has 19 heavy (non-hydrogen) atoms. The van der Waals surface area contributed by atoms with Gasteiger partial charge in [0.25, 0.3) is 5.91 Å². The first kappa shape index (κ1) is 14.0. The highest BCUT2D eigenvalue weighted by Crippen LogP contribution is 2.17. The van der Waals surface area contributed by atoms with E-state index in [-0.39, 0.29) is 11.9 Å². The molecule has 0 saturated heterocycles. The summed E-state index contributed by atoms with van der Waals surface area (Å²) >= 11 is 2.17. The molecule has 0 aliphatic carbocycles. The van der Waals surface area contributed by atoms with Gasteiger partial charge in [-0.3, -0.25) is 9.48 Å². The molecular weight excluding hydrogens is 353 g/mol. The van der Waals surface area contributed by atoms with Crippen LogP contribution in [0.25, 0.3) is 0 Å². The number of aryl methyl sites for hydroxylation is 2. The molecule has 0 bridgehead atoms. The Balaban J connectivity index is 2.15. The van der Waals surface area contributed by atoms with Crippen molar-refractivity contribution in [2.75, 3.05) is 0 Å². The number of hydrogen-bond acceptors (Lipinski definition) is 2. The van der Waals surface area contributed by atoms with Crippen molar-refractivity contribution < 1.29 is 4.79 Å². The smallest absolute Gasteiger partial charge is 0.252 e. The summed E-state index contributed by atoms with van der Waals surface area (Å²) in [5.74, 6) is -0.0549. The molecule has 1 N–H and O–H groups in total. The van der Waals surface area contributed by atoms with Crippen LogP contribution >= 0.6 is 22.6 Å². The second-order valence-electron chi connectivity index (χ2n) is 4.52. The summed E-state index contributed by atoms with van der Waals surface area (Å²) in [4.78, 5) is 12.2. The average molecular weight is 369 g/mol. The van der Waals surface area contributed by atoms with Crippen LogP contribution in [0, 0.1) is 10.5 Å². The Bertz CT molecular complexity index is 606. The van der Waals surface area contributed by atoms with E-state index in [2.05, 4.69) is 33.0 Å². The van der Waals surface area contributed by atoms with E-state index in [1.807, 2.05) is 51.4 Å². The molecule has 1 amide bonds. The first-order chi connectivity index (χ1) is 8.99. The number of rotatable bonds is 3. The van der Waals surface area contributed by atoms with Crippen molar-refractivity contribution in [3.05, 3.63) is 50.9 Å². The van der Waals surface area contributed by atoms with E-state index in [0.29, 0.717) is 5.56 Å². The van der Waals surface area contributed by atoms with Crippen LogP contribution < -0.4 is 5.32 Å². The fraction of sp³-hybridized carbons (Fsp3) is 0.286. The van der Waals surface area contributed by atoms with Gasteiger partial charge in [0.05, 0.1) is 17.3 Å². The van der Waals surface area contributed by atoms with Gasteiger partial charge in [0.15, 0.2) is 0 Å². The highest BCUT2D eigenvalue weighted by molar-refractivity contribution is 14.1. The summed E-state index contributed by atoms with van der Waals surface area (Å²) in [6, 6.07) is 7.50. The SMILES string of the molecule is Cc1nn(C)cc1C(C)NC(=O)c1ccccc1I. The van der Waals surface area contributed by atoms with E-state index >= 15 is 0 Å². The molecule has 1 aromatic carbocycles. The number of halogens is 1. The number of hydrogen-bond donors (Lipinski definition) is 1. The van der Waals surface area contributed by atoms with Crippen molar-refractivity contribution in [1.82, 2.24) is 15.1 Å². The summed E-state index contributed by atoms with van der Waals surface area (Å²) < 4.78 is 2.72. The minimum absolute atomic E-state index is 0.0549. The molecule has 1 atom stereocenters. The number of carbonyl (C=O) groups is 1. The summed E-state index contributed by atoms with van der Waals surface area (Å²) in [6.07, 6.45) is 1.94. The molecule has 2 aromatic rings. The van der Waals surface area contributed by atoms with E-state index in [1.54, 1.807) is 4.68 Å². The maximum absolute atomic E-state index is 12.2. The lowest BCUT2D eigenvalue weighted by atomic mass is 10.1. The van der Waals surface area contributed by atoms with Gasteiger partial charge < -0.3 is 5.32 Å². The third-order valence-corrected chi connectivity index (χ3v) is 3.92. The second kappa shape index (κ2) is 5.73. The average Bonchev–Trinajstić information content (AvgIpc) is 2.69. The Labute approximate surface area is 126 Å². The highest BCUT2D eigenvalue weighted by Gasteiger charge is 2.16. The Morgan fingerprint density at radius 3 is 2.68 bits per heavy atom. The summed E-state index contributed by atoms with van der Waals surface area (Å²) in [5.41, 5.74) is 2.69. The molecule has 0 aliphatic rings. The Morgan fingerprint density at radius 1 is 1.42 bits per heavy atom. The third-order valence-electron chi connectivity index (χ3n) is 2.98. The number of nitrogens with zero attached hydrogens (tertiary/aromatic N) is 2. The van der Waals surface area contributed by atoms with Crippen LogP contribution in [0.15, 0.2) is 30.5 Å². The highest BCUT2D eigenvalue weighted by atomic mass is 127. The fourth-order valence-corrected chi connectivity index (χ4v) is 2.67. The number of carbonyl (C=O) groups excluding carboxylic acids is 1. The van der Waals surface area contributed by atoms with Crippen molar-refractivity contribution >= 4 is 28.5 Å². The second-order valence-corrected chi connectivity index (χ2v) is 5.68. The molecule has 100 valence electrons. The Kier molecular flexibility index (Phi) is 4.24. The van der Waals surface area contributed by atoms with E-state index in [1.165, 1.54) is 0 Å². The van der Waals surface area contributed by atoms with Gasteiger partial charge in [-0.15, -0.1) is 0 Å². The van der Waals surface area contributed by atoms with Gasteiger partial charge >= 0.3 is 0 Å². The van der Waals surface area contributed by atoms with E-state index in [9.17, 15) is 4.79 Å². The first-order valence-corrected chi connectivity index (χ1v) is 7.12. The van der Waals surface area contributed by atoms with Crippen molar-refractivity contribution in [1.29, 1.82) is 0 Å². The number of benzene rings is 1. The molecule has 1 heterocycles. The Morgan fingerprint density at radius 2 is 2.11 bits per heavy atom. The predicted octanol–water partition coefficient (Wildman–Crippen LogP) is 2.82. The largest absolute Gasteiger partial charge is 0.345 e. The van der Waals surface area contributed by atoms with Crippen molar-refractivity contribution in [3.63, 3.8) is 0 Å². The topological polar surface area (TPSA) is 46.9 Å². The molecule has 0 fully saturated rings. The van der Waals surface area contributed by atoms with Crippen LogP contribution in [0.3, 0.4) is 0 Å². The zero-order valence-corrected chi connectivity index (χ0v) is 13.3. The molecule has 4 nitrogen and oxygen atoms in total. The molecule has 5 heteroatoms. The standard InChI is InChI=1S/C14H16IN3O/c1-9(12-8-18(3)17-10(12)2)16-14(19)11-6-4-5-7-13(11)15/h4-9H,1-3H3,(H,16,19). The van der Waals surface area contributed by atoms with E-state index in [0.717, 1.165) is 14.8 Å². The summed E-state index contributed by atoms with van der Waals surface area (Å²) in [7, 11) is 1.88. The zero-order valence-electron chi connectivity index (χ0n) is 11.1. The predicted molar refractivity (Wildman–Crippen MR) is 83.0 cm³/mol. The minimum Gasteiger partial charge on any atom is -0.345 e. The maximum Gasteiger partial charge on any atom is 0.252 e. The molecule has 0 saturated carbocycles. The lowest BCUT2D eigenvalue weighted by Gasteiger charge is -2.14. The van der Waals surface area contributed by atoms with Crippen molar-refractivity contribution in [2.24, 2.45) is 7.05 Å². The minimum atomic E-state index is -0.0581. The number of aromatic nitrogens is 2. The van der Waals surface area contributed by atoms with Crippen LogP contribution in [0.1, 0.15) is 34.6 Å². The van der Waals surface area contributed by atoms with E-state index < -0.39 is 0 Å². The molecule has 2 rings (SSSR count). The lowest BCUT2D eigenvalue weighted by Crippen LogP contribution is -2.27. The normalized spacial score (nSPS) is 12.2. The number of nitrogens with one attached hydrogen (secondary N) is 1. The monoisotopic (exact) mass is 369 g/mol. The lowest BCUT2D eigenvalue weighted by molar-refractivity contribution is 0.0939. The van der Waals surface area contributed by atoms with Crippen LogP contribution in [0.5, 0.6) is 0 Å². The zero-order chi connectivity index (χ0) is 14.0. The third kappa shape index (κ3) is 3.15. The van der Waals surface area contributed by atoms with Gasteiger partial charge in [-0.1, -0.05) is 12.1 Å². The van der Waals surface area contributed by atoms with Gasteiger partial charge in [-0.25, -0.2) is 0 Å². The van der Waals surface area contributed by atoms with Gasteiger partial charge in [-0.05, 0) is 48.6 Å². The molecule has 1 unspecified atom stereocenters. The summed E-state index contributed by atoms with van der Waals surface area (Å²) in [5, 5.41) is 7.30. The summed E-state index contributed by atoms with van der Waals surface area (Å²) in [6.45, 7) is 3.92. The Hall–Kier alpha value is -1.37. The molecule has 0 radical (unpaired) electrons. The van der Waals surface area contributed by atoms with Gasteiger partial charge in [-0.2, -0.15) is 5.10 Å². The van der Waals surface area contributed by atoms with Gasteiger partial charge in [0.1, 0.15) is 0 Å².